The molecule has 9 heavy (non-hydrogen) atoms. The Kier molecular flexibility index (Phi) is 8.04. The predicted molar refractivity (Wildman–Crippen MR) is 27.6 cm³/mol. The van der Waals surface area contributed by atoms with E-state index >= 15 is 0 Å². The molecule has 0 heterocycles. The van der Waals surface area contributed by atoms with Crippen molar-refractivity contribution in [2.45, 2.75) is 19.8 Å². The van der Waals surface area contributed by atoms with Crippen LogP contribution in [0.5, 0.6) is 0 Å². The van der Waals surface area contributed by atoms with Crippen molar-refractivity contribution in [2.24, 2.45) is 0 Å². The second-order valence-electron chi connectivity index (χ2n) is 1.60. The molecule has 0 bridgehead atoms. The number of rotatable bonds is 3. The summed E-state index contributed by atoms with van der Waals surface area (Å²) in [4.78, 5) is 19.8. The molecule has 0 atom stereocenters. The Morgan fingerprint density at radius 3 is 1.89 bits per heavy atom. The molecule has 0 aliphatic heterocycles. The normalized spacial score (nSPS) is 7.67. The van der Waals surface area contributed by atoms with Crippen LogP contribution in [-0.4, -0.2) is 16.9 Å². The maximum Gasteiger partial charge on any atom is 0.303 e. The molecule has 0 aliphatic rings. The molecule has 0 saturated heterocycles. The summed E-state index contributed by atoms with van der Waals surface area (Å²) in [5.74, 6) is -0.993. The first-order valence-corrected chi connectivity index (χ1v) is 2.34. The number of aliphatic carboxylic acids is 1. The molecule has 0 amide bonds. The van der Waals surface area contributed by atoms with Crippen LogP contribution in [0.4, 0.5) is 0 Å². The maximum absolute atomic E-state index is 10.1. The van der Waals surface area contributed by atoms with Crippen LogP contribution in [0.2, 0.25) is 0 Å². The minimum atomic E-state index is -0.916. The van der Waals surface area contributed by atoms with Gasteiger partial charge >= 0.3 is 5.97 Å². The van der Waals surface area contributed by atoms with E-state index in [9.17, 15) is 9.59 Å². The van der Waals surface area contributed by atoms with Gasteiger partial charge in [0.05, 0.1) is 6.42 Å². The van der Waals surface area contributed by atoms with Crippen molar-refractivity contribution in [1.82, 2.24) is 0 Å². The Morgan fingerprint density at radius 2 is 1.78 bits per heavy atom. The summed E-state index contributed by atoms with van der Waals surface area (Å²) in [5, 5.41) is 8.01. The third-order valence-corrected chi connectivity index (χ3v) is 0.691. The van der Waals surface area contributed by atoms with Gasteiger partial charge in [-0.25, -0.2) is 0 Å². The Balaban J connectivity index is 0. The van der Waals surface area contributed by atoms with Gasteiger partial charge in [0, 0.05) is 32.6 Å². The predicted octanol–water partition coefficient (Wildman–Crippen LogP) is 0.438. The quantitative estimate of drug-likeness (QED) is 0.730. The maximum atomic E-state index is 10.1. The van der Waals surface area contributed by atoms with Crippen LogP contribution >= 0.6 is 0 Å². The van der Waals surface area contributed by atoms with E-state index in [1.165, 1.54) is 6.92 Å². The van der Waals surface area contributed by atoms with Crippen LogP contribution in [0.25, 0.3) is 0 Å². The molecule has 3 nitrogen and oxygen atoms in total. The average Bonchev–Trinajstić information content (AvgIpc) is 1.61. The minimum absolute atomic E-state index is 0. The summed E-state index contributed by atoms with van der Waals surface area (Å²) in [7, 11) is 0. The third-order valence-electron chi connectivity index (χ3n) is 0.691. The molecule has 50 valence electrons. The van der Waals surface area contributed by atoms with Gasteiger partial charge in [0.2, 0.25) is 0 Å². The van der Waals surface area contributed by atoms with Gasteiger partial charge in [0.15, 0.2) is 0 Å². The number of hydrogen-bond acceptors (Lipinski definition) is 2. The van der Waals surface area contributed by atoms with Crippen LogP contribution in [0.1, 0.15) is 19.8 Å². The fourth-order valence-corrected chi connectivity index (χ4v) is 0.283. The summed E-state index contributed by atoms with van der Waals surface area (Å²) < 4.78 is 0. The van der Waals surface area contributed by atoms with Crippen molar-refractivity contribution < 1.29 is 40.9 Å². The van der Waals surface area contributed by atoms with E-state index in [1.54, 1.807) is 0 Å². The van der Waals surface area contributed by atoms with Gasteiger partial charge in [-0.1, -0.05) is 0 Å². The minimum Gasteiger partial charge on any atom is -0.481 e. The first kappa shape index (κ1) is 11.8. The Hall–Kier alpha value is 0.0231. The standard InChI is InChI=1S/C5H8O3.Zr/c1-4(6)2-3-5(7)8;/h2-3H2,1H3,(H,7,8);. The number of carboxylic acid groups (broad SMARTS) is 1. The number of carbonyl (C=O) groups excluding carboxylic acids is 1. The van der Waals surface area contributed by atoms with Crippen LogP contribution in [0.3, 0.4) is 0 Å². The van der Waals surface area contributed by atoms with Crippen LogP contribution < -0.4 is 0 Å². The molecule has 1 N–H and O–H groups in total. The summed E-state index contributed by atoms with van der Waals surface area (Å²) in [6.07, 6.45) is 0.102. The molecule has 4 heteroatoms. The van der Waals surface area contributed by atoms with Gasteiger partial charge in [-0.05, 0) is 6.92 Å². The largest absolute Gasteiger partial charge is 0.481 e. The van der Waals surface area contributed by atoms with Gasteiger partial charge in [0.25, 0.3) is 0 Å². The third kappa shape index (κ3) is 11.5. The van der Waals surface area contributed by atoms with Gasteiger partial charge in [-0.15, -0.1) is 0 Å². The summed E-state index contributed by atoms with van der Waals surface area (Å²) in [6, 6.07) is 0. The molecular weight excluding hydrogens is 199 g/mol. The molecule has 0 radical (unpaired) electrons. The zero-order chi connectivity index (χ0) is 6.57. The number of Topliss-reactive ketones (excluding diaryl/α,β-unsaturated/α-hetero) is 1. The van der Waals surface area contributed by atoms with Gasteiger partial charge in [-0.3, -0.25) is 4.79 Å². The van der Waals surface area contributed by atoms with Crippen LogP contribution in [0.15, 0.2) is 0 Å². The second kappa shape index (κ2) is 6.15. The SMILES string of the molecule is CC(=O)CCC(=O)O.[Zr]. The Morgan fingerprint density at radius 1 is 1.33 bits per heavy atom. The van der Waals surface area contributed by atoms with Gasteiger partial charge < -0.3 is 9.90 Å². The number of carboxylic acids is 1. The van der Waals surface area contributed by atoms with Crippen molar-refractivity contribution in [3.63, 3.8) is 0 Å². The molecule has 0 fully saturated rings. The molecule has 0 aromatic heterocycles. The molecule has 0 unspecified atom stereocenters. The van der Waals surface area contributed by atoms with Crippen molar-refractivity contribution >= 4 is 11.8 Å². The van der Waals surface area contributed by atoms with Crippen molar-refractivity contribution in [3.8, 4) is 0 Å². The van der Waals surface area contributed by atoms with Crippen LogP contribution in [0, 0.1) is 0 Å². The first-order valence-electron chi connectivity index (χ1n) is 2.34. The topological polar surface area (TPSA) is 54.4 Å². The van der Waals surface area contributed by atoms with Gasteiger partial charge in [0.1, 0.15) is 5.78 Å². The fraction of sp³-hybridized carbons (Fsp3) is 0.600. The molecule has 0 aromatic rings. The Bertz CT molecular complexity index is 96.8. The zero-order valence-electron chi connectivity index (χ0n) is 5.18. The first-order chi connectivity index (χ1) is 3.63. The summed E-state index contributed by atoms with van der Waals surface area (Å²) in [6.45, 7) is 1.38. The number of carbonyl (C=O) groups is 2. The van der Waals surface area contributed by atoms with Crippen molar-refractivity contribution in [1.29, 1.82) is 0 Å². The average molecular weight is 207 g/mol. The molecule has 0 rings (SSSR count). The summed E-state index contributed by atoms with van der Waals surface area (Å²) >= 11 is 0. The van der Waals surface area contributed by atoms with Crippen molar-refractivity contribution in [2.75, 3.05) is 0 Å². The smallest absolute Gasteiger partial charge is 0.303 e. The summed E-state index contributed by atoms with van der Waals surface area (Å²) in [5.41, 5.74) is 0. The molecule has 0 spiro atoms. The van der Waals surface area contributed by atoms with E-state index in [2.05, 4.69) is 0 Å². The van der Waals surface area contributed by atoms with E-state index in [0.717, 1.165) is 0 Å². The van der Waals surface area contributed by atoms with Crippen LogP contribution in [-0.2, 0) is 35.8 Å². The van der Waals surface area contributed by atoms with E-state index < -0.39 is 5.97 Å². The van der Waals surface area contributed by atoms with E-state index in [4.69, 9.17) is 5.11 Å². The zero-order valence-corrected chi connectivity index (χ0v) is 7.64. The number of hydrogen-bond donors (Lipinski definition) is 1. The van der Waals surface area contributed by atoms with Crippen molar-refractivity contribution in [3.05, 3.63) is 0 Å². The molecule has 0 saturated carbocycles. The van der Waals surface area contributed by atoms with E-state index in [1.807, 2.05) is 0 Å². The molecule has 0 aliphatic carbocycles. The van der Waals surface area contributed by atoms with Gasteiger partial charge in [-0.2, -0.15) is 0 Å². The second-order valence-corrected chi connectivity index (χ2v) is 1.60. The van der Waals surface area contributed by atoms with E-state index in [0.29, 0.717) is 0 Å². The molecule has 0 aromatic carbocycles. The monoisotopic (exact) mass is 206 g/mol. The molecular formula is C5H8O3Zr. The number of ketones is 1. The van der Waals surface area contributed by atoms with E-state index in [-0.39, 0.29) is 44.8 Å². The fourth-order valence-electron chi connectivity index (χ4n) is 0.283. The Labute approximate surface area is 72.6 Å².